The molecule has 1 N–H and O–H groups in total. The molecule has 2 aromatic heterocycles. The highest BCUT2D eigenvalue weighted by Gasteiger charge is 2.13. The van der Waals surface area contributed by atoms with E-state index in [4.69, 9.17) is 4.74 Å². The first-order valence-electron chi connectivity index (χ1n) is 7.28. The molecule has 3 aromatic rings. The van der Waals surface area contributed by atoms with Crippen molar-refractivity contribution in [2.24, 2.45) is 0 Å². The van der Waals surface area contributed by atoms with Crippen molar-refractivity contribution in [1.29, 1.82) is 0 Å². The van der Waals surface area contributed by atoms with Gasteiger partial charge in [0.2, 0.25) is 0 Å². The Hall–Kier alpha value is -2.95. The summed E-state index contributed by atoms with van der Waals surface area (Å²) in [6, 6.07) is 12.8. The van der Waals surface area contributed by atoms with E-state index in [0.29, 0.717) is 22.8 Å². The lowest BCUT2D eigenvalue weighted by Gasteiger charge is -2.09. The molecular formula is C18H17N3O2. The van der Waals surface area contributed by atoms with E-state index in [1.807, 2.05) is 32.0 Å². The van der Waals surface area contributed by atoms with Gasteiger partial charge in [-0.15, -0.1) is 0 Å². The van der Waals surface area contributed by atoms with Crippen molar-refractivity contribution in [2.75, 3.05) is 12.4 Å². The summed E-state index contributed by atoms with van der Waals surface area (Å²) in [7, 11) is 1.54. The number of pyridine rings is 2. The Morgan fingerprint density at radius 3 is 2.65 bits per heavy atom. The van der Waals surface area contributed by atoms with Crippen LogP contribution in [0.4, 0.5) is 5.82 Å². The number of carbonyl (C=O) groups is 1. The van der Waals surface area contributed by atoms with Gasteiger partial charge >= 0.3 is 0 Å². The van der Waals surface area contributed by atoms with Crippen LogP contribution in [0.25, 0.3) is 11.0 Å². The highest BCUT2D eigenvalue weighted by atomic mass is 16.5. The Bertz CT molecular complexity index is 891. The van der Waals surface area contributed by atoms with E-state index in [9.17, 15) is 4.79 Å². The third-order valence-electron chi connectivity index (χ3n) is 3.60. The van der Waals surface area contributed by atoms with E-state index in [0.717, 1.165) is 16.6 Å². The first-order chi connectivity index (χ1) is 11.1. The topological polar surface area (TPSA) is 64.1 Å². The molecule has 0 saturated carbocycles. The minimum Gasteiger partial charge on any atom is -0.496 e. The fourth-order valence-corrected chi connectivity index (χ4v) is 2.52. The van der Waals surface area contributed by atoms with Crippen molar-refractivity contribution < 1.29 is 9.53 Å². The number of methoxy groups -OCH3 is 1. The largest absolute Gasteiger partial charge is 0.496 e. The number of benzene rings is 1. The van der Waals surface area contributed by atoms with E-state index in [-0.39, 0.29) is 5.91 Å². The van der Waals surface area contributed by atoms with Crippen LogP contribution in [0, 0.1) is 13.8 Å². The Labute approximate surface area is 134 Å². The average Bonchev–Trinajstić information content (AvgIpc) is 2.54. The van der Waals surface area contributed by atoms with Crippen LogP contribution in [0.2, 0.25) is 0 Å². The van der Waals surface area contributed by atoms with E-state index < -0.39 is 0 Å². The van der Waals surface area contributed by atoms with Gasteiger partial charge in [-0.3, -0.25) is 4.79 Å². The molecule has 1 amide bonds. The molecule has 0 spiro atoms. The second kappa shape index (κ2) is 6.04. The zero-order chi connectivity index (χ0) is 16.4. The minimum atomic E-state index is -0.265. The SMILES string of the molecule is COc1ccccc1C(=O)Nc1ccc2c(C)cc(C)nc2n1. The number of aryl methyl sites for hydroxylation is 2. The van der Waals surface area contributed by atoms with Crippen molar-refractivity contribution in [1.82, 2.24) is 9.97 Å². The molecule has 0 fully saturated rings. The summed E-state index contributed by atoms with van der Waals surface area (Å²) < 4.78 is 5.21. The monoisotopic (exact) mass is 307 g/mol. The van der Waals surface area contributed by atoms with Crippen molar-refractivity contribution in [3.05, 3.63) is 59.3 Å². The Balaban J connectivity index is 1.93. The first kappa shape index (κ1) is 15.0. The summed E-state index contributed by atoms with van der Waals surface area (Å²) >= 11 is 0. The second-order valence-corrected chi connectivity index (χ2v) is 5.30. The third-order valence-corrected chi connectivity index (χ3v) is 3.60. The average molecular weight is 307 g/mol. The van der Waals surface area contributed by atoms with Crippen molar-refractivity contribution in [3.8, 4) is 5.75 Å². The van der Waals surface area contributed by atoms with Gasteiger partial charge in [0.25, 0.3) is 5.91 Å². The Kier molecular flexibility index (Phi) is 3.93. The molecule has 0 bridgehead atoms. The predicted molar refractivity (Wildman–Crippen MR) is 90.0 cm³/mol. The predicted octanol–water partition coefficient (Wildman–Crippen LogP) is 3.51. The molecule has 23 heavy (non-hydrogen) atoms. The van der Waals surface area contributed by atoms with Crippen LogP contribution in [0.1, 0.15) is 21.6 Å². The van der Waals surface area contributed by atoms with Gasteiger partial charge in [0, 0.05) is 11.1 Å². The maximum Gasteiger partial charge on any atom is 0.260 e. The van der Waals surface area contributed by atoms with Crippen LogP contribution in [-0.2, 0) is 0 Å². The van der Waals surface area contributed by atoms with Gasteiger partial charge in [0.05, 0.1) is 12.7 Å². The number of carbonyl (C=O) groups excluding carboxylic acids is 1. The van der Waals surface area contributed by atoms with Gasteiger partial charge in [-0.05, 0) is 49.7 Å². The van der Waals surface area contributed by atoms with Crippen LogP contribution in [0.3, 0.4) is 0 Å². The van der Waals surface area contributed by atoms with Gasteiger partial charge in [-0.2, -0.15) is 0 Å². The number of hydrogen-bond donors (Lipinski definition) is 1. The molecule has 5 heteroatoms. The molecule has 5 nitrogen and oxygen atoms in total. The summed E-state index contributed by atoms with van der Waals surface area (Å²) in [6.07, 6.45) is 0. The van der Waals surface area contributed by atoms with Crippen molar-refractivity contribution in [2.45, 2.75) is 13.8 Å². The normalized spacial score (nSPS) is 10.6. The lowest BCUT2D eigenvalue weighted by atomic mass is 10.1. The summed E-state index contributed by atoms with van der Waals surface area (Å²) in [6.45, 7) is 3.94. The molecule has 116 valence electrons. The Morgan fingerprint density at radius 2 is 1.87 bits per heavy atom. The molecule has 3 rings (SSSR count). The molecular weight excluding hydrogens is 290 g/mol. The van der Waals surface area contributed by atoms with Crippen LogP contribution in [0.15, 0.2) is 42.5 Å². The summed E-state index contributed by atoms with van der Waals surface area (Å²) in [4.78, 5) is 21.3. The van der Waals surface area contributed by atoms with E-state index >= 15 is 0 Å². The number of ether oxygens (including phenoxy) is 1. The summed E-state index contributed by atoms with van der Waals surface area (Å²) in [5, 5.41) is 3.77. The number of rotatable bonds is 3. The highest BCUT2D eigenvalue weighted by molar-refractivity contribution is 6.06. The van der Waals surface area contributed by atoms with Gasteiger partial charge in [-0.25, -0.2) is 9.97 Å². The number of nitrogens with one attached hydrogen (secondary N) is 1. The molecule has 2 heterocycles. The number of nitrogens with zero attached hydrogens (tertiary/aromatic N) is 2. The molecule has 0 aliphatic rings. The number of anilines is 1. The maximum atomic E-state index is 12.4. The fraction of sp³-hybridized carbons (Fsp3) is 0.167. The standard InChI is InChI=1S/C18H17N3O2/c1-11-10-12(2)19-17-13(11)8-9-16(20-17)21-18(22)14-6-4-5-7-15(14)23-3/h4-10H,1-3H3,(H,19,20,21,22). The number of aromatic nitrogens is 2. The second-order valence-electron chi connectivity index (χ2n) is 5.30. The van der Waals surface area contributed by atoms with Crippen molar-refractivity contribution >= 4 is 22.8 Å². The lowest BCUT2D eigenvalue weighted by molar-refractivity contribution is 0.102. The molecule has 0 saturated heterocycles. The van der Waals surface area contributed by atoms with E-state index in [2.05, 4.69) is 15.3 Å². The third kappa shape index (κ3) is 2.99. The quantitative estimate of drug-likeness (QED) is 0.804. The molecule has 0 unspecified atom stereocenters. The highest BCUT2D eigenvalue weighted by Crippen LogP contribution is 2.21. The number of para-hydroxylation sites is 1. The zero-order valence-corrected chi connectivity index (χ0v) is 13.3. The number of amides is 1. The molecule has 0 aliphatic heterocycles. The van der Waals surface area contributed by atoms with Gasteiger partial charge in [0.1, 0.15) is 11.6 Å². The Morgan fingerprint density at radius 1 is 1.09 bits per heavy atom. The van der Waals surface area contributed by atoms with Gasteiger partial charge in [-0.1, -0.05) is 12.1 Å². The van der Waals surface area contributed by atoms with Crippen LogP contribution >= 0.6 is 0 Å². The van der Waals surface area contributed by atoms with Gasteiger partial charge < -0.3 is 10.1 Å². The first-order valence-corrected chi connectivity index (χ1v) is 7.28. The maximum absolute atomic E-state index is 12.4. The number of fused-ring (bicyclic) bond motifs is 1. The van der Waals surface area contributed by atoms with Crippen LogP contribution in [0.5, 0.6) is 5.75 Å². The van der Waals surface area contributed by atoms with E-state index in [1.54, 1.807) is 24.3 Å². The molecule has 1 aromatic carbocycles. The smallest absolute Gasteiger partial charge is 0.260 e. The van der Waals surface area contributed by atoms with Crippen molar-refractivity contribution in [3.63, 3.8) is 0 Å². The minimum absolute atomic E-state index is 0.265. The molecule has 0 radical (unpaired) electrons. The van der Waals surface area contributed by atoms with Gasteiger partial charge in [0.15, 0.2) is 5.65 Å². The molecule has 0 aliphatic carbocycles. The number of hydrogen-bond acceptors (Lipinski definition) is 4. The summed E-state index contributed by atoms with van der Waals surface area (Å²) in [5.41, 5.74) is 3.10. The zero-order valence-electron chi connectivity index (χ0n) is 13.3. The van der Waals surface area contributed by atoms with Crippen LogP contribution in [-0.4, -0.2) is 23.0 Å². The summed E-state index contributed by atoms with van der Waals surface area (Å²) in [5.74, 6) is 0.722. The lowest BCUT2D eigenvalue weighted by Crippen LogP contribution is -2.14. The molecule has 0 atom stereocenters. The van der Waals surface area contributed by atoms with E-state index in [1.165, 1.54) is 7.11 Å². The van der Waals surface area contributed by atoms with Crippen LogP contribution < -0.4 is 10.1 Å². The fourth-order valence-electron chi connectivity index (χ4n) is 2.52.